The Morgan fingerprint density at radius 3 is 2.66 bits per heavy atom. The Kier molecular flexibility index (Phi) is 8.53. The lowest BCUT2D eigenvalue weighted by Crippen LogP contribution is -2.38. The van der Waals surface area contributed by atoms with Gasteiger partial charge in [-0.3, -0.25) is 9.69 Å². The fraction of sp³-hybridized carbons (Fsp3) is 0.458. The number of esters is 1. The second-order valence-electron chi connectivity index (χ2n) is 7.62. The zero-order valence-electron chi connectivity index (χ0n) is 17.3. The Morgan fingerprint density at radius 2 is 1.90 bits per heavy atom. The average Bonchev–Trinajstić information content (AvgIpc) is 2.99. The van der Waals surface area contributed by atoms with Crippen molar-refractivity contribution in [1.29, 1.82) is 0 Å². The van der Waals surface area contributed by atoms with E-state index in [4.69, 9.17) is 9.47 Å². The summed E-state index contributed by atoms with van der Waals surface area (Å²) in [7, 11) is 1.45. The molecule has 1 fully saturated rings. The minimum Gasteiger partial charge on any atom is -0.489 e. The van der Waals surface area contributed by atoms with Crippen molar-refractivity contribution in [2.45, 2.75) is 44.8 Å². The molecule has 2 aromatic carbocycles. The quantitative estimate of drug-likeness (QED) is 0.654. The van der Waals surface area contributed by atoms with Crippen LogP contribution in [0, 0.1) is 0 Å². The number of ether oxygens (including phenoxy) is 2. The van der Waals surface area contributed by atoms with Crippen LogP contribution in [-0.2, 0) is 22.6 Å². The minimum absolute atomic E-state index is 0.123. The lowest BCUT2D eigenvalue weighted by Gasteiger charge is -2.21. The molecule has 0 bridgehead atoms. The van der Waals surface area contributed by atoms with E-state index in [0.29, 0.717) is 19.1 Å². The van der Waals surface area contributed by atoms with Gasteiger partial charge < -0.3 is 14.8 Å². The highest BCUT2D eigenvalue weighted by Gasteiger charge is 2.16. The molecule has 0 aliphatic carbocycles. The maximum absolute atomic E-state index is 11.2. The molecule has 1 aliphatic heterocycles. The third-order valence-electron chi connectivity index (χ3n) is 5.37. The summed E-state index contributed by atoms with van der Waals surface area (Å²) in [6.07, 6.45) is 4.71. The number of carbonyl (C=O) groups is 1. The van der Waals surface area contributed by atoms with Crippen molar-refractivity contribution in [2.75, 3.05) is 26.9 Å². The first kappa shape index (κ1) is 21.3. The first-order valence-electron chi connectivity index (χ1n) is 10.5. The molecule has 5 nitrogen and oxygen atoms in total. The summed E-state index contributed by atoms with van der Waals surface area (Å²) in [5, 5.41) is 3.67. The molecule has 156 valence electrons. The van der Waals surface area contributed by atoms with E-state index in [1.54, 1.807) is 0 Å². The van der Waals surface area contributed by atoms with Gasteiger partial charge in [0.25, 0.3) is 0 Å². The van der Waals surface area contributed by atoms with Gasteiger partial charge in [-0.25, -0.2) is 0 Å². The molecular formula is C24H32N2O3. The van der Waals surface area contributed by atoms with Crippen molar-refractivity contribution < 1.29 is 14.3 Å². The molecule has 1 atom stereocenters. The van der Waals surface area contributed by atoms with Gasteiger partial charge >= 0.3 is 5.97 Å². The number of benzene rings is 2. The van der Waals surface area contributed by atoms with Crippen molar-refractivity contribution in [1.82, 2.24) is 10.2 Å². The molecule has 0 aromatic heterocycles. The molecule has 0 saturated carbocycles. The van der Waals surface area contributed by atoms with Crippen LogP contribution in [-0.4, -0.2) is 43.8 Å². The predicted molar refractivity (Wildman–Crippen MR) is 115 cm³/mol. The van der Waals surface area contributed by atoms with Crippen LogP contribution in [0.4, 0.5) is 0 Å². The molecule has 1 unspecified atom stereocenters. The Hall–Kier alpha value is -2.37. The van der Waals surface area contributed by atoms with Crippen molar-refractivity contribution in [3.8, 4) is 5.75 Å². The lowest BCUT2D eigenvalue weighted by atomic mass is 10.0. The van der Waals surface area contributed by atoms with Crippen LogP contribution in [0.5, 0.6) is 5.75 Å². The Morgan fingerprint density at radius 1 is 1.10 bits per heavy atom. The highest BCUT2D eigenvalue weighted by Crippen LogP contribution is 2.17. The van der Waals surface area contributed by atoms with E-state index in [1.165, 1.54) is 31.1 Å². The molecule has 0 radical (unpaired) electrons. The Labute approximate surface area is 174 Å². The van der Waals surface area contributed by atoms with E-state index in [-0.39, 0.29) is 5.97 Å². The summed E-state index contributed by atoms with van der Waals surface area (Å²) < 4.78 is 10.6. The topological polar surface area (TPSA) is 50.8 Å². The molecular weight excluding hydrogens is 364 g/mol. The second-order valence-corrected chi connectivity index (χ2v) is 7.62. The number of hydrogen-bond acceptors (Lipinski definition) is 5. The third kappa shape index (κ3) is 7.52. The Bertz CT molecular complexity index is 734. The molecule has 0 amide bonds. The van der Waals surface area contributed by atoms with Gasteiger partial charge in [-0.05, 0) is 62.0 Å². The second kappa shape index (κ2) is 11.6. The molecule has 2 aromatic rings. The molecule has 1 saturated heterocycles. The number of nitrogens with one attached hydrogen (secondary N) is 1. The molecule has 5 heteroatoms. The smallest absolute Gasteiger partial charge is 0.305 e. The standard InChI is InChI=1S/C24H32N2O3/c1-28-24(27)10-6-16-26-15-5-9-22(25-19-26)17-20-11-13-23(14-12-20)29-18-21-7-3-2-4-8-21/h2-4,7-8,11-14,22,25H,5-6,9-10,15-19H2,1H3. The molecule has 1 heterocycles. The lowest BCUT2D eigenvalue weighted by molar-refractivity contribution is -0.140. The maximum atomic E-state index is 11.2. The summed E-state index contributed by atoms with van der Waals surface area (Å²) in [5.74, 6) is 0.782. The van der Waals surface area contributed by atoms with E-state index in [1.807, 2.05) is 18.2 Å². The summed E-state index contributed by atoms with van der Waals surface area (Å²) >= 11 is 0. The fourth-order valence-electron chi connectivity index (χ4n) is 3.66. The summed E-state index contributed by atoms with van der Waals surface area (Å²) in [5.41, 5.74) is 2.50. The van der Waals surface area contributed by atoms with Gasteiger partial charge in [0, 0.05) is 19.1 Å². The summed E-state index contributed by atoms with van der Waals surface area (Å²) in [6.45, 7) is 3.49. The highest BCUT2D eigenvalue weighted by atomic mass is 16.5. The first-order valence-corrected chi connectivity index (χ1v) is 10.5. The van der Waals surface area contributed by atoms with Crippen LogP contribution < -0.4 is 10.1 Å². The van der Waals surface area contributed by atoms with Gasteiger partial charge in [0.05, 0.1) is 7.11 Å². The van der Waals surface area contributed by atoms with Crippen molar-refractivity contribution in [3.63, 3.8) is 0 Å². The third-order valence-corrected chi connectivity index (χ3v) is 5.37. The van der Waals surface area contributed by atoms with Crippen LogP contribution in [0.1, 0.15) is 36.8 Å². The number of rotatable bonds is 9. The van der Waals surface area contributed by atoms with Gasteiger partial charge in [0.15, 0.2) is 0 Å². The first-order chi connectivity index (χ1) is 14.2. The fourth-order valence-corrected chi connectivity index (χ4v) is 3.66. The van der Waals surface area contributed by atoms with Gasteiger partial charge in [-0.15, -0.1) is 0 Å². The number of carbonyl (C=O) groups excluding carboxylic acids is 1. The maximum Gasteiger partial charge on any atom is 0.305 e. The van der Waals surface area contributed by atoms with Gasteiger partial charge in [-0.1, -0.05) is 42.5 Å². The largest absolute Gasteiger partial charge is 0.489 e. The zero-order chi connectivity index (χ0) is 20.3. The summed E-state index contributed by atoms with van der Waals surface area (Å²) in [6, 6.07) is 19.2. The number of nitrogens with zero attached hydrogens (tertiary/aromatic N) is 1. The monoisotopic (exact) mass is 396 g/mol. The number of hydrogen-bond donors (Lipinski definition) is 1. The predicted octanol–water partition coefficient (Wildman–Crippen LogP) is 3.77. The van der Waals surface area contributed by atoms with E-state index in [9.17, 15) is 4.79 Å². The number of methoxy groups -OCH3 is 1. The van der Waals surface area contributed by atoms with Gasteiger partial charge in [0.2, 0.25) is 0 Å². The van der Waals surface area contributed by atoms with E-state index >= 15 is 0 Å². The minimum atomic E-state index is -0.123. The highest BCUT2D eigenvalue weighted by molar-refractivity contribution is 5.69. The SMILES string of the molecule is COC(=O)CCCN1CCCC(Cc2ccc(OCc3ccccc3)cc2)NC1. The molecule has 1 aliphatic rings. The van der Waals surface area contributed by atoms with Crippen molar-refractivity contribution >= 4 is 5.97 Å². The van der Waals surface area contributed by atoms with Crippen LogP contribution in [0.15, 0.2) is 54.6 Å². The normalized spacial score (nSPS) is 17.5. The van der Waals surface area contributed by atoms with Crippen molar-refractivity contribution in [3.05, 3.63) is 65.7 Å². The van der Waals surface area contributed by atoms with E-state index < -0.39 is 0 Å². The molecule has 3 rings (SSSR count). The van der Waals surface area contributed by atoms with Gasteiger partial charge in [-0.2, -0.15) is 0 Å². The average molecular weight is 397 g/mol. The zero-order valence-corrected chi connectivity index (χ0v) is 17.3. The van der Waals surface area contributed by atoms with E-state index in [0.717, 1.165) is 38.3 Å². The van der Waals surface area contributed by atoms with Crippen molar-refractivity contribution in [2.24, 2.45) is 0 Å². The van der Waals surface area contributed by atoms with Crippen LogP contribution >= 0.6 is 0 Å². The van der Waals surface area contributed by atoms with Gasteiger partial charge in [0.1, 0.15) is 12.4 Å². The molecule has 0 spiro atoms. The van der Waals surface area contributed by atoms with Crippen LogP contribution in [0.2, 0.25) is 0 Å². The molecule has 29 heavy (non-hydrogen) atoms. The molecule has 1 N–H and O–H groups in total. The summed E-state index contributed by atoms with van der Waals surface area (Å²) in [4.78, 5) is 13.6. The van der Waals surface area contributed by atoms with E-state index in [2.05, 4.69) is 46.6 Å². The van der Waals surface area contributed by atoms with Crippen LogP contribution in [0.25, 0.3) is 0 Å². The van der Waals surface area contributed by atoms with Crippen LogP contribution in [0.3, 0.4) is 0 Å². The Balaban J connectivity index is 1.40.